The number of allylic oxidation sites excluding steroid dienone is 1. The van der Waals surface area contributed by atoms with E-state index in [1.165, 1.54) is 0 Å². The first-order valence-corrected chi connectivity index (χ1v) is 13.4. The summed E-state index contributed by atoms with van der Waals surface area (Å²) in [6.45, 7) is 1.48. The maximum absolute atomic E-state index is 11.0. The highest BCUT2D eigenvalue weighted by molar-refractivity contribution is 5.26. The van der Waals surface area contributed by atoms with Gasteiger partial charge in [-0.1, -0.05) is 6.08 Å². The quantitative estimate of drug-likeness (QED) is 0.0541. The van der Waals surface area contributed by atoms with Crippen molar-refractivity contribution in [3.63, 3.8) is 0 Å². The molecule has 41 heavy (non-hydrogen) atoms. The van der Waals surface area contributed by atoms with Crippen LogP contribution in [0.1, 0.15) is 19.3 Å². The van der Waals surface area contributed by atoms with E-state index in [1.54, 1.807) is 6.08 Å². The number of unbranched alkanes of at least 4 members (excludes halogenated alkanes) is 2. The van der Waals surface area contributed by atoms with Gasteiger partial charge in [-0.3, -0.25) is 0 Å². The zero-order chi connectivity index (χ0) is 30.4. The van der Waals surface area contributed by atoms with Crippen molar-refractivity contribution in [2.75, 3.05) is 26.4 Å². The molecule has 0 radical (unpaired) electrons. The third kappa shape index (κ3) is 7.36. The third-order valence-corrected chi connectivity index (χ3v) is 7.52. The molecule has 0 amide bonds. The van der Waals surface area contributed by atoms with Gasteiger partial charge in [0.15, 0.2) is 18.7 Å². The van der Waals surface area contributed by atoms with E-state index in [1.807, 2.05) is 0 Å². The minimum Gasteiger partial charge on any atom is -0.481 e. The maximum Gasteiger partial charge on any atom is 0.281 e. The minimum absolute atomic E-state index is 0.105. The second-order valence-electron chi connectivity index (χ2n) is 10.2. The molecule has 14 atom stereocenters. The van der Waals surface area contributed by atoms with Crippen molar-refractivity contribution in [1.29, 1.82) is 0 Å². The van der Waals surface area contributed by atoms with Gasteiger partial charge in [0.1, 0.15) is 48.8 Å². The molecule has 238 valence electrons. The predicted molar refractivity (Wildman–Crippen MR) is 134 cm³/mol. The first-order chi connectivity index (χ1) is 19.5. The summed E-state index contributed by atoms with van der Waals surface area (Å²) >= 11 is 0. The molecule has 0 bridgehead atoms. The Morgan fingerprint density at radius 1 is 0.756 bits per heavy atom. The number of hydrogen-bond donors (Lipinski definition) is 11. The van der Waals surface area contributed by atoms with E-state index in [-0.39, 0.29) is 6.61 Å². The average Bonchev–Trinajstić information content (AvgIpc) is 3.20. The molecule has 16 heteroatoms. The fourth-order valence-corrected chi connectivity index (χ4v) is 5.05. The summed E-state index contributed by atoms with van der Waals surface area (Å²) in [5.41, 5.74) is -0.552. The van der Waals surface area contributed by atoms with E-state index in [9.17, 15) is 56.2 Å². The highest BCUT2D eigenvalue weighted by atomic mass is 16.7. The maximum atomic E-state index is 11.0. The van der Waals surface area contributed by atoms with Crippen molar-refractivity contribution in [2.24, 2.45) is 5.92 Å². The standard InChI is InChI=1S/C25H42O16/c1-2-3-4-5-6-37-25-22(19(34)16(31)12(9-28)39-25)40-23(36)13-17(32)14(29)10(7-26)21(13)41-24-20(35)18(33)15(30)11(8-27)38-24/h2,10-12,14-22,24-36H,1,3-9H2/b23-13+/t10?,11?,12?,14-,15-,16-,17?,18?,19?,20?,21?,22?,24+,25+/m1/s1. The van der Waals surface area contributed by atoms with Crippen molar-refractivity contribution in [3.8, 4) is 0 Å². The van der Waals surface area contributed by atoms with Crippen molar-refractivity contribution >= 4 is 0 Å². The van der Waals surface area contributed by atoms with Crippen LogP contribution in [0.15, 0.2) is 24.2 Å². The Morgan fingerprint density at radius 3 is 1.95 bits per heavy atom. The molecule has 0 aromatic carbocycles. The lowest BCUT2D eigenvalue weighted by atomic mass is 9.98. The first-order valence-electron chi connectivity index (χ1n) is 13.4. The number of aliphatic hydroxyl groups is 11. The van der Waals surface area contributed by atoms with Gasteiger partial charge in [0, 0.05) is 12.5 Å². The van der Waals surface area contributed by atoms with Crippen LogP contribution < -0.4 is 0 Å². The smallest absolute Gasteiger partial charge is 0.281 e. The van der Waals surface area contributed by atoms with E-state index in [0.29, 0.717) is 12.8 Å². The number of hydrogen-bond acceptors (Lipinski definition) is 16. The van der Waals surface area contributed by atoms with Crippen LogP contribution in [0, 0.1) is 5.92 Å². The first kappa shape index (κ1) is 34.0. The van der Waals surface area contributed by atoms with Crippen LogP contribution in [-0.2, 0) is 23.7 Å². The minimum atomic E-state index is -1.91. The number of rotatable bonds is 13. The van der Waals surface area contributed by atoms with Crippen LogP contribution >= 0.6 is 0 Å². The summed E-state index contributed by atoms with van der Waals surface area (Å²) < 4.78 is 27.6. The van der Waals surface area contributed by atoms with Crippen LogP contribution in [-0.4, -0.2) is 162 Å². The van der Waals surface area contributed by atoms with Gasteiger partial charge in [0.2, 0.25) is 0 Å². The van der Waals surface area contributed by atoms with Crippen LogP contribution in [0.5, 0.6) is 0 Å². The molecule has 1 saturated carbocycles. The fraction of sp³-hybridized carbons (Fsp3) is 0.840. The molecule has 1 aliphatic carbocycles. The van der Waals surface area contributed by atoms with Gasteiger partial charge in [0.05, 0.1) is 37.6 Å². The Hall–Kier alpha value is -1.48. The van der Waals surface area contributed by atoms with Crippen LogP contribution in [0.4, 0.5) is 0 Å². The lowest BCUT2D eigenvalue weighted by Gasteiger charge is -2.42. The Kier molecular flexibility index (Phi) is 12.7. The largest absolute Gasteiger partial charge is 0.481 e. The second-order valence-corrected chi connectivity index (χ2v) is 10.2. The highest BCUT2D eigenvalue weighted by Gasteiger charge is 2.54. The normalized spacial score (nSPS) is 44.5. The van der Waals surface area contributed by atoms with E-state index in [4.69, 9.17) is 23.7 Å². The molecule has 9 unspecified atom stereocenters. The highest BCUT2D eigenvalue weighted by Crippen LogP contribution is 2.39. The van der Waals surface area contributed by atoms with Crippen molar-refractivity contribution in [1.82, 2.24) is 0 Å². The molecule has 2 saturated heterocycles. The lowest BCUT2D eigenvalue weighted by molar-refractivity contribution is -0.314. The SMILES string of the molecule is C=CCCCCO[C@H]1OC(CO)[C@@H](O)C(O)C1O/C(O)=C1/C(O[C@@H]2OC(CO)[C@@H](O)C(O)C2O)C(CO)[C@@H](O)C1O. The Labute approximate surface area is 235 Å². The molecule has 11 N–H and O–H groups in total. The molecule has 3 aliphatic rings. The molecule has 2 aliphatic heterocycles. The Bertz CT molecular complexity index is 855. The van der Waals surface area contributed by atoms with Gasteiger partial charge < -0.3 is 79.9 Å². The molecule has 0 aromatic rings. The molecule has 2 heterocycles. The fourth-order valence-electron chi connectivity index (χ4n) is 5.05. The van der Waals surface area contributed by atoms with Gasteiger partial charge in [-0.05, 0) is 19.3 Å². The summed E-state index contributed by atoms with van der Waals surface area (Å²) in [4.78, 5) is 0. The number of ether oxygens (including phenoxy) is 5. The van der Waals surface area contributed by atoms with Gasteiger partial charge in [0.25, 0.3) is 5.95 Å². The molecular weight excluding hydrogens is 556 g/mol. The summed E-state index contributed by atoms with van der Waals surface area (Å²) in [7, 11) is 0. The van der Waals surface area contributed by atoms with Gasteiger partial charge >= 0.3 is 0 Å². The monoisotopic (exact) mass is 598 g/mol. The average molecular weight is 599 g/mol. The molecule has 0 spiro atoms. The Morgan fingerprint density at radius 2 is 1.37 bits per heavy atom. The van der Waals surface area contributed by atoms with Crippen LogP contribution in [0.2, 0.25) is 0 Å². The summed E-state index contributed by atoms with van der Waals surface area (Å²) in [6, 6.07) is 0. The van der Waals surface area contributed by atoms with Crippen molar-refractivity contribution < 1.29 is 79.9 Å². The third-order valence-electron chi connectivity index (χ3n) is 7.52. The molecular formula is C25H42O16. The van der Waals surface area contributed by atoms with E-state index in [0.717, 1.165) is 6.42 Å². The predicted octanol–water partition coefficient (Wildman–Crippen LogP) is -4.52. The van der Waals surface area contributed by atoms with E-state index < -0.39 is 117 Å². The van der Waals surface area contributed by atoms with Crippen LogP contribution in [0.25, 0.3) is 0 Å². The van der Waals surface area contributed by atoms with Crippen molar-refractivity contribution in [2.45, 2.75) is 99.0 Å². The van der Waals surface area contributed by atoms with Gasteiger partial charge in [-0.15, -0.1) is 6.58 Å². The lowest BCUT2D eigenvalue weighted by Crippen LogP contribution is -2.60. The summed E-state index contributed by atoms with van der Waals surface area (Å²) in [6.07, 6.45) is -17.8. The zero-order valence-corrected chi connectivity index (χ0v) is 22.3. The zero-order valence-electron chi connectivity index (χ0n) is 22.3. The van der Waals surface area contributed by atoms with Gasteiger partial charge in [-0.2, -0.15) is 0 Å². The summed E-state index contributed by atoms with van der Waals surface area (Å²) in [5, 5.41) is 113. The molecule has 0 aromatic heterocycles. The summed E-state index contributed by atoms with van der Waals surface area (Å²) in [5.74, 6) is -2.43. The Balaban J connectivity index is 1.88. The van der Waals surface area contributed by atoms with E-state index >= 15 is 0 Å². The van der Waals surface area contributed by atoms with Crippen molar-refractivity contribution in [3.05, 3.63) is 24.2 Å². The number of aliphatic hydroxyl groups excluding tert-OH is 11. The molecule has 3 fully saturated rings. The molecule has 3 rings (SSSR count). The topological polar surface area (TPSA) is 269 Å². The van der Waals surface area contributed by atoms with E-state index in [2.05, 4.69) is 6.58 Å². The van der Waals surface area contributed by atoms with Gasteiger partial charge in [-0.25, -0.2) is 0 Å². The second kappa shape index (κ2) is 15.3. The van der Waals surface area contributed by atoms with Crippen LogP contribution in [0.3, 0.4) is 0 Å². The molecule has 16 nitrogen and oxygen atoms in total.